The van der Waals surface area contributed by atoms with Gasteiger partial charge in [-0.2, -0.15) is 0 Å². The molecule has 0 aliphatic rings. The number of ether oxygens (including phenoxy) is 1. The summed E-state index contributed by atoms with van der Waals surface area (Å²) in [7, 11) is 0. The van der Waals surface area contributed by atoms with Crippen molar-refractivity contribution < 1.29 is 18.7 Å². The molecule has 0 saturated heterocycles. The largest absolute Gasteiger partial charge is 0.484 e. The highest BCUT2D eigenvalue weighted by atomic mass is 32.1. The van der Waals surface area contributed by atoms with Crippen LogP contribution in [0.1, 0.15) is 17.3 Å². The molecule has 122 valence electrons. The molecular weight excluding hydrogens is 331 g/mol. The number of aromatic nitrogens is 1. The predicted molar refractivity (Wildman–Crippen MR) is 90.1 cm³/mol. The van der Waals surface area contributed by atoms with Gasteiger partial charge in [0, 0.05) is 5.56 Å². The summed E-state index contributed by atoms with van der Waals surface area (Å²) in [5.74, 6) is -0.378. The fraction of sp³-hybridized carbons (Fsp3) is 0.118. The van der Waals surface area contributed by atoms with Crippen LogP contribution >= 0.6 is 11.3 Å². The van der Waals surface area contributed by atoms with E-state index in [2.05, 4.69) is 10.3 Å². The van der Waals surface area contributed by atoms with Crippen LogP contribution in [-0.4, -0.2) is 23.3 Å². The number of nitrogens with one attached hydrogen (secondary N) is 1. The summed E-state index contributed by atoms with van der Waals surface area (Å²) in [5.41, 5.74) is 1.13. The van der Waals surface area contributed by atoms with E-state index >= 15 is 0 Å². The number of halogens is 1. The van der Waals surface area contributed by atoms with Crippen LogP contribution in [0.3, 0.4) is 0 Å². The molecule has 0 unspecified atom stereocenters. The van der Waals surface area contributed by atoms with E-state index in [1.165, 1.54) is 30.4 Å². The normalized spacial score (nSPS) is 10.6. The van der Waals surface area contributed by atoms with Crippen molar-refractivity contribution in [1.29, 1.82) is 0 Å². The van der Waals surface area contributed by atoms with Gasteiger partial charge in [0.2, 0.25) is 0 Å². The standard InChI is InChI=1S/C17H13FN2O3S/c1-10(21)11-3-2-4-13(7-11)23-9-16(22)20-17-19-14-6-5-12(18)8-15(14)24-17/h2-8H,9H2,1H3,(H,19,20,22). The van der Waals surface area contributed by atoms with Crippen molar-refractivity contribution in [2.24, 2.45) is 0 Å². The summed E-state index contributed by atoms with van der Waals surface area (Å²) in [6.07, 6.45) is 0. The van der Waals surface area contributed by atoms with Crippen molar-refractivity contribution >= 4 is 38.4 Å². The quantitative estimate of drug-likeness (QED) is 0.717. The van der Waals surface area contributed by atoms with E-state index in [0.717, 1.165) is 0 Å². The van der Waals surface area contributed by atoms with Crippen LogP contribution in [0.15, 0.2) is 42.5 Å². The van der Waals surface area contributed by atoms with Gasteiger partial charge in [0.05, 0.1) is 10.2 Å². The lowest BCUT2D eigenvalue weighted by molar-refractivity contribution is -0.118. The van der Waals surface area contributed by atoms with Gasteiger partial charge in [-0.25, -0.2) is 9.37 Å². The number of hydrogen-bond donors (Lipinski definition) is 1. The molecular formula is C17H13FN2O3S. The van der Waals surface area contributed by atoms with Gasteiger partial charge in [0.1, 0.15) is 11.6 Å². The van der Waals surface area contributed by atoms with Crippen LogP contribution in [0, 0.1) is 5.82 Å². The van der Waals surface area contributed by atoms with Gasteiger partial charge in [-0.15, -0.1) is 0 Å². The SMILES string of the molecule is CC(=O)c1cccc(OCC(=O)Nc2nc3ccc(F)cc3s2)c1. The zero-order chi connectivity index (χ0) is 17.1. The maximum Gasteiger partial charge on any atom is 0.264 e. The lowest BCUT2D eigenvalue weighted by atomic mass is 10.1. The Balaban J connectivity index is 1.62. The number of thiazole rings is 1. The number of fused-ring (bicyclic) bond motifs is 1. The van der Waals surface area contributed by atoms with Crippen molar-refractivity contribution in [2.75, 3.05) is 11.9 Å². The number of anilines is 1. The molecule has 2 aromatic carbocycles. The molecule has 3 aromatic rings. The summed E-state index contributed by atoms with van der Waals surface area (Å²) < 4.78 is 19.2. The van der Waals surface area contributed by atoms with E-state index < -0.39 is 0 Å². The Morgan fingerprint density at radius 2 is 2.08 bits per heavy atom. The minimum absolute atomic E-state index is 0.0772. The molecule has 0 atom stereocenters. The summed E-state index contributed by atoms with van der Waals surface area (Å²) in [4.78, 5) is 27.5. The van der Waals surface area contributed by atoms with E-state index in [-0.39, 0.29) is 24.1 Å². The minimum atomic E-state index is -0.386. The van der Waals surface area contributed by atoms with Gasteiger partial charge in [0.25, 0.3) is 5.91 Å². The Hall–Kier alpha value is -2.80. The van der Waals surface area contributed by atoms with Gasteiger partial charge in [-0.1, -0.05) is 23.5 Å². The van der Waals surface area contributed by atoms with Crippen LogP contribution in [0.4, 0.5) is 9.52 Å². The number of benzene rings is 2. The fourth-order valence-corrected chi connectivity index (χ4v) is 2.97. The van der Waals surface area contributed by atoms with Crippen molar-refractivity contribution in [3.8, 4) is 5.75 Å². The van der Waals surface area contributed by atoms with Gasteiger partial charge >= 0.3 is 0 Å². The monoisotopic (exact) mass is 344 g/mol. The van der Waals surface area contributed by atoms with Gasteiger partial charge in [-0.3, -0.25) is 14.9 Å². The molecule has 24 heavy (non-hydrogen) atoms. The lowest BCUT2D eigenvalue weighted by Gasteiger charge is -2.06. The maximum atomic E-state index is 13.2. The van der Waals surface area contributed by atoms with Crippen LogP contribution < -0.4 is 10.1 Å². The maximum absolute atomic E-state index is 13.2. The predicted octanol–water partition coefficient (Wildman–Crippen LogP) is 3.66. The van der Waals surface area contributed by atoms with Crippen LogP contribution in [-0.2, 0) is 4.79 Å². The van der Waals surface area contributed by atoms with E-state index in [1.807, 2.05) is 0 Å². The fourth-order valence-electron chi connectivity index (χ4n) is 2.06. The Bertz CT molecular complexity index is 923. The first kappa shape index (κ1) is 16.1. The lowest BCUT2D eigenvalue weighted by Crippen LogP contribution is -2.20. The number of ketones is 1. The first-order valence-corrected chi connectivity index (χ1v) is 7.92. The number of Topliss-reactive ketones (excluding diaryl/α,β-unsaturated/α-hetero) is 1. The molecule has 0 spiro atoms. The van der Waals surface area contributed by atoms with Crippen molar-refractivity contribution in [1.82, 2.24) is 4.98 Å². The van der Waals surface area contributed by atoms with Crippen molar-refractivity contribution in [2.45, 2.75) is 6.92 Å². The second-order valence-electron chi connectivity index (χ2n) is 5.05. The first-order valence-electron chi connectivity index (χ1n) is 7.11. The molecule has 1 N–H and O–H groups in total. The molecule has 3 rings (SSSR count). The molecule has 7 heteroatoms. The third-order valence-corrected chi connectivity index (χ3v) is 4.14. The molecule has 5 nitrogen and oxygen atoms in total. The summed E-state index contributed by atoms with van der Waals surface area (Å²) in [6, 6.07) is 10.9. The highest BCUT2D eigenvalue weighted by Crippen LogP contribution is 2.26. The summed E-state index contributed by atoms with van der Waals surface area (Å²) >= 11 is 1.18. The number of rotatable bonds is 5. The molecule has 0 bridgehead atoms. The number of carbonyl (C=O) groups is 2. The van der Waals surface area contributed by atoms with E-state index in [1.54, 1.807) is 30.3 Å². The highest BCUT2D eigenvalue weighted by molar-refractivity contribution is 7.22. The zero-order valence-electron chi connectivity index (χ0n) is 12.7. The van der Waals surface area contributed by atoms with E-state index in [4.69, 9.17) is 4.74 Å². The summed E-state index contributed by atoms with van der Waals surface area (Å²) in [6.45, 7) is 1.24. The average Bonchev–Trinajstić information content (AvgIpc) is 2.94. The van der Waals surface area contributed by atoms with Gasteiger partial charge in [0.15, 0.2) is 17.5 Å². The Morgan fingerprint density at radius 3 is 2.88 bits per heavy atom. The smallest absolute Gasteiger partial charge is 0.264 e. The Labute approximate surface area is 141 Å². The third-order valence-electron chi connectivity index (χ3n) is 3.21. The van der Waals surface area contributed by atoms with Crippen molar-refractivity contribution in [3.63, 3.8) is 0 Å². The minimum Gasteiger partial charge on any atom is -0.484 e. The molecule has 0 aliphatic carbocycles. The molecule has 0 radical (unpaired) electrons. The van der Waals surface area contributed by atoms with E-state index in [0.29, 0.717) is 26.7 Å². The number of nitrogens with zero attached hydrogens (tertiary/aromatic N) is 1. The summed E-state index contributed by atoms with van der Waals surface area (Å²) in [5, 5.41) is 2.99. The molecule has 0 fully saturated rings. The third kappa shape index (κ3) is 3.75. The number of carbonyl (C=O) groups excluding carboxylic acids is 2. The van der Waals surface area contributed by atoms with Crippen LogP contribution in [0.2, 0.25) is 0 Å². The van der Waals surface area contributed by atoms with Crippen molar-refractivity contribution in [3.05, 3.63) is 53.8 Å². The van der Waals surface area contributed by atoms with E-state index in [9.17, 15) is 14.0 Å². The van der Waals surface area contributed by atoms with Gasteiger partial charge in [-0.05, 0) is 37.3 Å². The Kier molecular flexibility index (Phi) is 4.52. The highest BCUT2D eigenvalue weighted by Gasteiger charge is 2.10. The molecule has 1 heterocycles. The van der Waals surface area contributed by atoms with Crippen LogP contribution in [0.25, 0.3) is 10.2 Å². The second-order valence-corrected chi connectivity index (χ2v) is 6.08. The zero-order valence-corrected chi connectivity index (χ0v) is 13.5. The molecule has 1 aromatic heterocycles. The number of hydrogen-bond acceptors (Lipinski definition) is 5. The number of amides is 1. The van der Waals surface area contributed by atoms with Gasteiger partial charge < -0.3 is 4.74 Å². The van der Waals surface area contributed by atoms with Crippen LogP contribution in [0.5, 0.6) is 5.75 Å². The molecule has 0 saturated carbocycles. The molecule has 0 aliphatic heterocycles. The average molecular weight is 344 g/mol. The topological polar surface area (TPSA) is 68.3 Å². The second kappa shape index (κ2) is 6.76. The first-order chi connectivity index (χ1) is 11.5. The Morgan fingerprint density at radius 1 is 1.25 bits per heavy atom. The molecule has 1 amide bonds.